The Morgan fingerprint density at radius 1 is 0.826 bits per heavy atom. The van der Waals surface area contributed by atoms with E-state index in [0.717, 1.165) is 0 Å². The molecular weight excluding hydrogens is 300 g/mol. The summed E-state index contributed by atoms with van der Waals surface area (Å²) >= 11 is 0. The highest BCUT2D eigenvalue weighted by molar-refractivity contribution is 6.40. The highest BCUT2D eigenvalue weighted by Gasteiger charge is 2.18. The van der Waals surface area contributed by atoms with E-state index in [1.165, 1.54) is 30.3 Å². The van der Waals surface area contributed by atoms with E-state index in [2.05, 4.69) is 0 Å². The Labute approximate surface area is 131 Å². The molecule has 0 aliphatic carbocycles. The average molecular weight is 312 g/mol. The number of benzene rings is 2. The molecule has 0 atom stereocenters. The summed E-state index contributed by atoms with van der Waals surface area (Å²) in [5, 5.41) is 8.66. The number of carboxylic acid groups (broad SMARTS) is 1. The van der Waals surface area contributed by atoms with Crippen LogP contribution >= 0.6 is 0 Å². The maximum Gasteiger partial charge on any atom is 0.380 e. The standard InChI is InChI=1S/C17H12O6/c18-14(16(20)21)13-8-4-5-11(9-13)10-23-17(22)15(19)12-6-2-1-3-7-12/h1-9H,10H2,(H,20,21). The Bertz CT molecular complexity index is 764. The Morgan fingerprint density at radius 2 is 1.48 bits per heavy atom. The number of Topliss-reactive ketones (excluding diaryl/α,β-unsaturated/α-hetero) is 2. The quantitative estimate of drug-likeness (QED) is 0.497. The zero-order chi connectivity index (χ0) is 16.8. The highest BCUT2D eigenvalue weighted by atomic mass is 16.5. The maximum absolute atomic E-state index is 11.8. The second-order valence-corrected chi connectivity index (χ2v) is 4.61. The van der Waals surface area contributed by atoms with Crippen molar-refractivity contribution in [2.24, 2.45) is 0 Å². The largest absolute Gasteiger partial charge is 0.475 e. The van der Waals surface area contributed by atoms with E-state index < -0.39 is 23.5 Å². The number of ketones is 2. The van der Waals surface area contributed by atoms with E-state index in [9.17, 15) is 19.2 Å². The van der Waals surface area contributed by atoms with Gasteiger partial charge in [0, 0.05) is 11.1 Å². The van der Waals surface area contributed by atoms with Gasteiger partial charge in [0.05, 0.1) is 0 Å². The third kappa shape index (κ3) is 4.10. The molecule has 0 saturated carbocycles. The van der Waals surface area contributed by atoms with Crippen LogP contribution in [0.1, 0.15) is 26.3 Å². The number of aliphatic carboxylic acids is 1. The van der Waals surface area contributed by atoms with Crippen LogP contribution in [0.25, 0.3) is 0 Å². The summed E-state index contributed by atoms with van der Waals surface area (Å²) in [6, 6.07) is 13.6. The first-order chi connectivity index (χ1) is 11.0. The van der Waals surface area contributed by atoms with Crippen LogP contribution in [0.3, 0.4) is 0 Å². The third-order valence-electron chi connectivity index (χ3n) is 2.97. The first-order valence-corrected chi connectivity index (χ1v) is 6.62. The molecule has 0 radical (unpaired) electrons. The maximum atomic E-state index is 11.8. The van der Waals surface area contributed by atoms with Crippen LogP contribution < -0.4 is 0 Å². The summed E-state index contributed by atoms with van der Waals surface area (Å²) in [6.45, 7) is -0.238. The summed E-state index contributed by atoms with van der Waals surface area (Å²) in [5.41, 5.74) is 0.596. The van der Waals surface area contributed by atoms with Crippen molar-refractivity contribution in [1.29, 1.82) is 0 Å². The summed E-state index contributed by atoms with van der Waals surface area (Å²) in [7, 11) is 0. The molecule has 0 unspecified atom stereocenters. The fourth-order valence-corrected chi connectivity index (χ4v) is 1.85. The molecule has 0 spiro atoms. The van der Waals surface area contributed by atoms with Crippen molar-refractivity contribution < 1.29 is 29.0 Å². The number of carbonyl (C=O) groups is 4. The average Bonchev–Trinajstić information content (AvgIpc) is 2.59. The van der Waals surface area contributed by atoms with Gasteiger partial charge in [0.2, 0.25) is 0 Å². The van der Waals surface area contributed by atoms with E-state index in [-0.39, 0.29) is 17.7 Å². The molecule has 1 N–H and O–H groups in total. The molecule has 0 bridgehead atoms. The van der Waals surface area contributed by atoms with Gasteiger partial charge < -0.3 is 9.84 Å². The second-order valence-electron chi connectivity index (χ2n) is 4.61. The van der Waals surface area contributed by atoms with Gasteiger partial charge in [0.1, 0.15) is 6.61 Å². The highest BCUT2D eigenvalue weighted by Crippen LogP contribution is 2.09. The van der Waals surface area contributed by atoms with Gasteiger partial charge in [-0.2, -0.15) is 0 Å². The van der Waals surface area contributed by atoms with Gasteiger partial charge in [0.15, 0.2) is 0 Å². The lowest BCUT2D eigenvalue weighted by Crippen LogP contribution is -2.17. The summed E-state index contributed by atoms with van der Waals surface area (Å²) in [4.78, 5) is 45.5. The van der Waals surface area contributed by atoms with Crippen molar-refractivity contribution in [3.05, 3.63) is 71.3 Å². The number of carbonyl (C=O) groups excluding carboxylic acids is 3. The first-order valence-electron chi connectivity index (χ1n) is 6.62. The lowest BCUT2D eigenvalue weighted by Gasteiger charge is -2.05. The van der Waals surface area contributed by atoms with Gasteiger partial charge in [-0.05, 0) is 11.6 Å². The van der Waals surface area contributed by atoms with Gasteiger partial charge >= 0.3 is 11.9 Å². The molecule has 0 aliphatic rings. The summed E-state index contributed by atoms with van der Waals surface area (Å²) < 4.78 is 4.89. The van der Waals surface area contributed by atoms with Crippen LogP contribution in [0.4, 0.5) is 0 Å². The molecule has 116 valence electrons. The lowest BCUT2D eigenvalue weighted by atomic mass is 10.1. The fourth-order valence-electron chi connectivity index (χ4n) is 1.85. The fraction of sp³-hybridized carbons (Fsp3) is 0.0588. The van der Waals surface area contributed by atoms with Crippen LogP contribution in [-0.2, 0) is 20.9 Å². The smallest absolute Gasteiger partial charge is 0.380 e. The molecule has 6 nitrogen and oxygen atoms in total. The van der Waals surface area contributed by atoms with E-state index in [4.69, 9.17) is 9.84 Å². The van der Waals surface area contributed by atoms with Gasteiger partial charge in [-0.25, -0.2) is 9.59 Å². The number of hydrogen-bond donors (Lipinski definition) is 1. The van der Waals surface area contributed by atoms with E-state index in [0.29, 0.717) is 5.56 Å². The van der Waals surface area contributed by atoms with Crippen LogP contribution in [0.5, 0.6) is 0 Å². The van der Waals surface area contributed by atoms with Crippen LogP contribution in [0.15, 0.2) is 54.6 Å². The molecule has 0 aromatic heterocycles. The number of esters is 1. The van der Waals surface area contributed by atoms with E-state index in [1.54, 1.807) is 24.3 Å². The Balaban J connectivity index is 2.02. The first kappa shape index (κ1) is 16.1. The van der Waals surface area contributed by atoms with Gasteiger partial charge in [-0.3, -0.25) is 9.59 Å². The van der Waals surface area contributed by atoms with Crippen molar-refractivity contribution in [2.75, 3.05) is 0 Å². The molecule has 2 aromatic carbocycles. The Hall–Kier alpha value is -3.28. The predicted molar refractivity (Wildman–Crippen MR) is 79.0 cm³/mol. The van der Waals surface area contributed by atoms with Crippen LogP contribution in [0, 0.1) is 0 Å². The van der Waals surface area contributed by atoms with Crippen LogP contribution in [-0.4, -0.2) is 28.6 Å². The lowest BCUT2D eigenvalue weighted by molar-refractivity contribution is -0.139. The third-order valence-corrected chi connectivity index (χ3v) is 2.97. The molecule has 23 heavy (non-hydrogen) atoms. The zero-order valence-corrected chi connectivity index (χ0v) is 11.9. The molecular formula is C17H12O6. The summed E-state index contributed by atoms with van der Waals surface area (Å²) in [6.07, 6.45) is 0. The van der Waals surface area contributed by atoms with Crippen molar-refractivity contribution >= 4 is 23.5 Å². The number of rotatable bonds is 6. The van der Waals surface area contributed by atoms with E-state index in [1.807, 2.05) is 0 Å². The van der Waals surface area contributed by atoms with Crippen LogP contribution in [0.2, 0.25) is 0 Å². The van der Waals surface area contributed by atoms with Crippen molar-refractivity contribution in [3.63, 3.8) is 0 Å². The second kappa shape index (κ2) is 7.13. The van der Waals surface area contributed by atoms with Crippen molar-refractivity contribution in [1.82, 2.24) is 0 Å². The Kier molecular flexibility index (Phi) is 4.99. The normalized spacial score (nSPS) is 9.91. The molecule has 6 heteroatoms. The zero-order valence-electron chi connectivity index (χ0n) is 11.9. The SMILES string of the molecule is O=C(O)C(=O)c1cccc(COC(=O)C(=O)c2ccccc2)c1. The van der Waals surface area contributed by atoms with Crippen molar-refractivity contribution in [2.45, 2.75) is 6.61 Å². The number of hydrogen-bond acceptors (Lipinski definition) is 5. The van der Waals surface area contributed by atoms with Crippen molar-refractivity contribution in [3.8, 4) is 0 Å². The monoisotopic (exact) mass is 312 g/mol. The summed E-state index contributed by atoms with van der Waals surface area (Å²) in [5.74, 6) is -4.42. The molecule has 0 aliphatic heterocycles. The van der Waals surface area contributed by atoms with Gasteiger partial charge in [0.25, 0.3) is 11.6 Å². The molecule has 0 heterocycles. The van der Waals surface area contributed by atoms with E-state index >= 15 is 0 Å². The molecule has 0 amide bonds. The number of ether oxygens (including phenoxy) is 1. The molecule has 2 rings (SSSR count). The molecule has 0 fully saturated rings. The minimum atomic E-state index is -1.57. The number of carboxylic acids is 1. The minimum Gasteiger partial charge on any atom is -0.475 e. The van der Waals surface area contributed by atoms with Gasteiger partial charge in [-0.1, -0.05) is 48.5 Å². The molecule has 0 saturated heterocycles. The van der Waals surface area contributed by atoms with Gasteiger partial charge in [-0.15, -0.1) is 0 Å². The Morgan fingerprint density at radius 3 is 2.13 bits per heavy atom. The predicted octanol–water partition coefficient (Wildman–Crippen LogP) is 1.88. The molecule has 2 aromatic rings. The topological polar surface area (TPSA) is 97.7 Å². The minimum absolute atomic E-state index is 0.0274.